The zero-order chi connectivity index (χ0) is 25.3. The van der Waals surface area contributed by atoms with Gasteiger partial charge in [0.05, 0.1) is 11.8 Å². The predicted octanol–water partition coefficient (Wildman–Crippen LogP) is 5.64. The van der Waals surface area contributed by atoms with Gasteiger partial charge < -0.3 is 15.8 Å². The molecule has 0 atom stereocenters. The van der Waals surface area contributed by atoms with Gasteiger partial charge in [-0.1, -0.05) is 6.92 Å². The molecule has 0 bridgehead atoms. The van der Waals surface area contributed by atoms with E-state index >= 15 is 0 Å². The number of hydrogen-bond acceptors (Lipinski definition) is 6. The number of aromatic nitrogens is 4. The summed E-state index contributed by atoms with van der Waals surface area (Å²) in [6, 6.07) is 5.20. The Bertz CT molecular complexity index is 1180. The van der Waals surface area contributed by atoms with Crippen LogP contribution in [0.15, 0.2) is 30.5 Å². The van der Waals surface area contributed by atoms with Crippen molar-refractivity contribution in [3.8, 4) is 0 Å². The zero-order valence-electron chi connectivity index (χ0n) is 20.5. The molecular formula is C26H33F3N6O. The van der Waals surface area contributed by atoms with Crippen LogP contribution in [0.2, 0.25) is 0 Å². The van der Waals surface area contributed by atoms with Crippen LogP contribution in [0.1, 0.15) is 62.9 Å². The second-order valence-electron chi connectivity index (χ2n) is 10.5. The number of fused-ring (bicyclic) bond motifs is 1. The van der Waals surface area contributed by atoms with Gasteiger partial charge in [-0.2, -0.15) is 13.2 Å². The van der Waals surface area contributed by atoms with Crippen LogP contribution in [0.4, 0.5) is 24.8 Å². The van der Waals surface area contributed by atoms with E-state index in [2.05, 4.69) is 21.8 Å². The molecular weight excluding hydrogens is 469 g/mol. The van der Waals surface area contributed by atoms with Crippen molar-refractivity contribution in [3.63, 3.8) is 0 Å². The molecule has 1 aliphatic heterocycles. The summed E-state index contributed by atoms with van der Waals surface area (Å²) in [5.74, 6) is 1.87. The average Bonchev–Trinajstić information content (AvgIpc) is 3.21. The van der Waals surface area contributed by atoms with Crippen molar-refractivity contribution in [1.82, 2.24) is 19.5 Å². The normalized spacial score (nSPS) is 22.6. The molecule has 3 N–H and O–H groups in total. The molecule has 7 nitrogen and oxygen atoms in total. The summed E-state index contributed by atoms with van der Waals surface area (Å²) in [5, 5.41) is 3.25. The molecule has 2 fully saturated rings. The standard InChI is InChI=1S/C26H33F3N6O/c1-25(10-12-36-13-11-25)14-22-31-16-21-23(34-22)35(20-8-2-17(15-30)3-9-20)24(33-21)32-19-6-4-18(5-7-19)26(27,28)29/h4-7,16-17,20H,2-3,8-15,30H2,1H3,(H,32,33). The summed E-state index contributed by atoms with van der Waals surface area (Å²) in [7, 11) is 0. The minimum Gasteiger partial charge on any atom is -0.381 e. The lowest BCUT2D eigenvalue weighted by atomic mass is 9.79. The molecule has 1 aliphatic carbocycles. The van der Waals surface area contributed by atoms with Gasteiger partial charge in [-0.05, 0) is 80.7 Å². The number of alkyl halides is 3. The summed E-state index contributed by atoms with van der Waals surface area (Å²) >= 11 is 0. The van der Waals surface area contributed by atoms with Crippen LogP contribution in [-0.4, -0.2) is 39.3 Å². The molecule has 0 unspecified atom stereocenters. The summed E-state index contributed by atoms with van der Waals surface area (Å²) in [5.41, 5.74) is 7.30. The summed E-state index contributed by atoms with van der Waals surface area (Å²) in [6.07, 6.45) is 4.04. The fraction of sp³-hybridized carbons (Fsp3) is 0.577. The SMILES string of the molecule is CC1(Cc2ncc3nc(Nc4ccc(C(F)(F)F)cc4)n(C4CCC(CN)CC4)c3n2)CCOCC1. The van der Waals surface area contributed by atoms with E-state index in [9.17, 15) is 13.2 Å². The second-order valence-corrected chi connectivity index (χ2v) is 10.5. The van der Waals surface area contributed by atoms with Crippen LogP contribution in [0.5, 0.6) is 0 Å². The Hall–Kier alpha value is -2.72. The van der Waals surface area contributed by atoms with Crippen LogP contribution >= 0.6 is 0 Å². The maximum atomic E-state index is 13.0. The first-order valence-corrected chi connectivity index (χ1v) is 12.7. The van der Waals surface area contributed by atoms with E-state index in [4.69, 9.17) is 20.4 Å². The van der Waals surface area contributed by atoms with Crippen molar-refractivity contribution in [2.45, 2.75) is 64.1 Å². The van der Waals surface area contributed by atoms with E-state index in [-0.39, 0.29) is 11.5 Å². The quantitative estimate of drug-likeness (QED) is 0.454. The number of hydrogen-bond donors (Lipinski definition) is 2. The minimum atomic E-state index is -4.37. The fourth-order valence-electron chi connectivity index (χ4n) is 5.38. The lowest BCUT2D eigenvalue weighted by molar-refractivity contribution is -0.137. The van der Waals surface area contributed by atoms with Crippen molar-refractivity contribution >= 4 is 22.8 Å². The predicted molar refractivity (Wildman–Crippen MR) is 132 cm³/mol. The molecule has 36 heavy (non-hydrogen) atoms. The van der Waals surface area contributed by atoms with E-state index in [0.717, 1.165) is 81.8 Å². The van der Waals surface area contributed by atoms with Gasteiger partial charge in [0, 0.05) is 31.4 Å². The van der Waals surface area contributed by atoms with Gasteiger partial charge in [-0.3, -0.25) is 4.57 Å². The van der Waals surface area contributed by atoms with E-state index in [0.29, 0.717) is 29.6 Å². The first-order chi connectivity index (χ1) is 17.2. The topological polar surface area (TPSA) is 90.9 Å². The maximum absolute atomic E-state index is 13.0. The Morgan fingerprint density at radius 2 is 1.78 bits per heavy atom. The Morgan fingerprint density at radius 1 is 1.08 bits per heavy atom. The van der Waals surface area contributed by atoms with E-state index in [1.165, 1.54) is 12.1 Å². The number of ether oxygens (including phenoxy) is 1. The Morgan fingerprint density at radius 3 is 2.42 bits per heavy atom. The number of anilines is 2. The summed E-state index contributed by atoms with van der Waals surface area (Å²) in [6.45, 7) is 4.44. The first-order valence-electron chi connectivity index (χ1n) is 12.7. The monoisotopic (exact) mass is 502 g/mol. The van der Waals surface area contributed by atoms with Gasteiger partial charge in [-0.15, -0.1) is 0 Å². The van der Waals surface area contributed by atoms with Crippen molar-refractivity contribution in [2.75, 3.05) is 25.1 Å². The van der Waals surface area contributed by atoms with Gasteiger partial charge in [-0.25, -0.2) is 15.0 Å². The fourth-order valence-corrected chi connectivity index (χ4v) is 5.38. The largest absolute Gasteiger partial charge is 0.416 e. The number of nitrogens with two attached hydrogens (primary N) is 1. The van der Waals surface area contributed by atoms with Crippen molar-refractivity contribution in [2.24, 2.45) is 17.1 Å². The molecule has 5 rings (SSSR count). The third-order valence-corrected chi connectivity index (χ3v) is 7.75. The third-order valence-electron chi connectivity index (χ3n) is 7.75. The third kappa shape index (κ3) is 5.34. The highest BCUT2D eigenvalue weighted by atomic mass is 19.4. The Labute approximate surface area is 208 Å². The number of nitrogens with one attached hydrogen (secondary N) is 1. The molecule has 1 aromatic carbocycles. The molecule has 3 aromatic rings. The number of imidazole rings is 1. The lowest BCUT2D eigenvalue weighted by Crippen LogP contribution is -2.29. The second kappa shape index (κ2) is 9.97. The highest BCUT2D eigenvalue weighted by molar-refractivity contribution is 5.75. The van der Waals surface area contributed by atoms with Gasteiger partial charge in [0.1, 0.15) is 11.3 Å². The molecule has 1 saturated heterocycles. The molecule has 0 radical (unpaired) electrons. The summed E-state index contributed by atoms with van der Waals surface area (Å²) in [4.78, 5) is 14.4. The maximum Gasteiger partial charge on any atom is 0.416 e. The van der Waals surface area contributed by atoms with Crippen molar-refractivity contribution < 1.29 is 17.9 Å². The van der Waals surface area contributed by atoms with Gasteiger partial charge in [0.2, 0.25) is 5.95 Å². The van der Waals surface area contributed by atoms with Crippen molar-refractivity contribution in [1.29, 1.82) is 0 Å². The molecule has 2 aromatic heterocycles. The van der Waals surface area contributed by atoms with Crippen LogP contribution < -0.4 is 11.1 Å². The highest BCUT2D eigenvalue weighted by Crippen LogP contribution is 2.38. The van der Waals surface area contributed by atoms with E-state index in [1.807, 2.05) is 0 Å². The molecule has 3 heterocycles. The number of nitrogens with zero attached hydrogens (tertiary/aromatic N) is 4. The van der Waals surface area contributed by atoms with Crippen LogP contribution in [0.25, 0.3) is 11.2 Å². The molecule has 0 spiro atoms. The number of halogens is 3. The Kier molecular flexibility index (Phi) is 6.91. The minimum absolute atomic E-state index is 0.0945. The van der Waals surface area contributed by atoms with Gasteiger partial charge in [0.15, 0.2) is 5.65 Å². The highest BCUT2D eigenvalue weighted by Gasteiger charge is 2.31. The summed E-state index contributed by atoms with van der Waals surface area (Å²) < 4.78 is 46.7. The van der Waals surface area contributed by atoms with E-state index < -0.39 is 11.7 Å². The number of benzene rings is 1. The lowest BCUT2D eigenvalue weighted by Gasteiger charge is -2.33. The van der Waals surface area contributed by atoms with Crippen molar-refractivity contribution in [3.05, 3.63) is 41.9 Å². The van der Waals surface area contributed by atoms with Gasteiger partial charge in [0.25, 0.3) is 0 Å². The van der Waals surface area contributed by atoms with Crippen LogP contribution in [0, 0.1) is 11.3 Å². The average molecular weight is 503 g/mol. The molecule has 2 aliphatic rings. The van der Waals surface area contributed by atoms with Crippen LogP contribution in [-0.2, 0) is 17.3 Å². The first kappa shape index (κ1) is 25.0. The molecule has 0 amide bonds. The smallest absolute Gasteiger partial charge is 0.381 e. The van der Waals surface area contributed by atoms with E-state index in [1.54, 1.807) is 6.20 Å². The van der Waals surface area contributed by atoms with Gasteiger partial charge >= 0.3 is 6.18 Å². The van der Waals surface area contributed by atoms with Crippen LogP contribution in [0.3, 0.4) is 0 Å². The Balaban J connectivity index is 1.48. The molecule has 1 saturated carbocycles. The zero-order valence-corrected chi connectivity index (χ0v) is 20.5. The molecule has 194 valence electrons. The molecule has 10 heteroatoms. The number of rotatable bonds is 6.